The van der Waals surface area contributed by atoms with E-state index in [2.05, 4.69) is 417 Å². The van der Waals surface area contributed by atoms with Crippen LogP contribution in [0.3, 0.4) is 0 Å². The van der Waals surface area contributed by atoms with Crippen molar-refractivity contribution in [1.82, 2.24) is 0 Å². The highest BCUT2D eigenvalue weighted by Crippen LogP contribution is 2.53. The van der Waals surface area contributed by atoms with E-state index < -0.39 is 0 Å². The first-order valence-corrected chi connectivity index (χ1v) is 46.2. The summed E-state index contributed by atoms with van der Waals surface area (Å²) < 4.78 is 10.8. The van der Waals surface area contributed by atoms with Crippen LogP contribution < -0.4 is 0 Å². The Balaban J connectivity index is 0.000000102. The van der Waals surface area contributed by atoms with Crippen LogP contribution in [-0.2, 0) is 5.41 Å². The molecule has 0 nitrogen and oxygen atoms in total. The number of fused-ring (bicyclic) bond motifs is 12. The van der Waals surface area contributed by atoms with Crippen molar-refractivity contribution in [2.75, 3.05) is 0 Å². The highest BCUT2D eigenvalue weighted by Gasteiger charge is 2.25. The summed E-state index contributed by atoms with van der Waals surface area (Å²) in [5.74, 6) is 0. The third kappa shape index (κ3) is 11.5. The van der Waals surface area contributed by atoms with Crippen LogP contribution in [0.2, 0.25) is 0 Å². The van der Waals surface area contributed by atoms with Crippen molar-refractivity contribution in [3.63, 3.8) is 0 Å². The molecule has 0 N–H and O–H groups in total. The van der Waals surface area contributed by atoms with Crippen molar-refractivity contribution in [3.05, 3.63) is 399 Å². The number of hydrogen-bond donors (Lipinski definition) is 0. The van der Waals surface area contributed by atoms with E-state index in [9.17, 15) is 0 Å². The second kappa shape index (κ2) is 28.3. The van der Waals surface area contributed by atoms with E-state index in [0.717, 1.165) is 0 Å². The third-order valence-electron chi connectivity index (χ3n) is 26.7. The van der Waals surface area contributed by atoms with Gasteiger partial charge in [-0.15, -0.1) is 45.3 Å². The second-order valence-electron chi connectivity index (χ2n) is 34.8. The van der Waals surface area contributed by atoms with Gasteiger partial charge in [0.1, 0.15) is 0 Å². The minimum Gasteiger partial charge on any atom is -0.135 e. The van der Waals surface area contributed by atoms with Crippen molar-refractivity contribution in [2.24, 2.45) is 0 Å². The van der Waals surface area contributed by atoms with Gasteiger partial charge in [0.15, 0.2) is 0 Å². The Bertz CT molecular complexity index is 9030. The predicted molar refractivity (Wildman–Crippen MR) is 548 cm³/mol. The molecule has 0 saturated carbocycles. The topological polar surface area (TPSA) is 0 Å². The molecule has 0 fully saturated rings. The lowest BCUT2D eigenvalue weighted by molar-refractivity contribution is 0.590. The SMILES string of the molecule is CC(C)(C)c1ccc(-c2ccc3ccc4c(-c5cccc6c5sc5ccccc56)ccc5ccc2c3c54)cc1.Cc1ccc(-c2ccc3ccc4c(-c5ccc(C)cc5)cc(-c5cccc6c5sc5ccccc56)c5ccc2c3c45)cc1.c1ccc2c(c1)sc1cc(-c3ccc4ccc5c(-c6cccc7c6sc6ccccc67)ccc6ccc3c4c65)ccc12. The highest BCUT2D eigenvalue weighted by molar-refractivity contribution is 7.27. The van der Waals surface area contributed by atoms with Crippen LogP contribution in [0.25, 0.3) is 256 Å². The molecule has 27 rings (SSSR count). The number of thiophene rings is 4. The molecule has 4 heteroatoms. The Morgan fingerprint density at radius 2 is 0.444 bits per heavy atom. The molecule has 23 aromatic carbocycles. The molecule has 0 radical (unpaired) electrons. The van der Waals surface area contributed by atoms with E-state index in [0.29, 0.717) is 0 Å². The molecule has 0 spiro atoms. The summed E-state index contributed by atoms with van der Waals surface area (Å²) in [6.45, 7) is 11.1. The summed E-state index contributed by atoms with van der Waals surface area (Å²) >= 11 is 7.60. The van der Waals surface area contributed by atoms with Gasteiger partial charge < -0.3 is 0 Å². The van der Waals surface area contributed by atoms with Crippen LogP contribution >= 0.6 is 45.3 Å². The maximum Gasteiger partial charge on any atom is 0.0434 e. The molecular weight excluding hydrogens is 1570 g/mol. The fraction of sp³-hybridized carbons (Fsp3) is 0.0500. The van der Waals surface area contributed by atoms with Gasteiger partial charge in [0, 0.05) is 97.4 Å². The van der Waals surface area contributed by atoms with Gasteiger partial charge in [0.05, 0.1) is 0 Å². The molecule has 0 bridgehead atoms. The third-order valence-corrected chi connectivity index (χ3v) is 31.5. The molecule has 124 heavy (non-hydrogen) atoms. The summed E-state index contributed by atoms with van der Waals surface area (Å²) in [4.78, 5) is 0. The Hall–Kier alpha value is -13.9. The standard InChI is InChI=1S/C42H28S.C40H22S2.C38H28S/c1-25-10-14-27(15-11-25)30-20-18-29-19-21-33-37(28-16-12-26(2)13-17-28)24-38(34-23-22-32(30)40(29)41(33)34)36-8-5-7-35-31-6-3-4-9-39(31)43-42(35)36;1-3-10-35-28(6-1)30-19-16-25(22-37(30)41-35)26-17-12-23-15-21-32-27(18-13-24-14-20-31(26)38(23)39(24)32)33-8-5-9-34-29-7-2-4-11-36(29)42-40(33)34;1-38(2,3)26-17-11-23(12-18-26)27-19-13-24-16-22-31-28(20-14-25-15-21-30(27)35(24)36(25)31)32-8-6-9-33-29-7-4-5-10-34(29)39-37(32)33/h3-24H,1-2H3;1-22H;4-22H,1-3H3. The van der Waals surface area contributed by atoms with Crippen molar-refractivity contribution in [3.8, 4) is 77.9 Å². The number of benzene rings is 23. The lowest BCUT2D eigenvalue weighted by Crippen LogP contribution is -2.10. The van der Waals surface area contributed by atoms with Gasteiger partial charge in [-0.1, -0.05) is 378 Å². The minimum absolute atomic E-state index is 0.148. The number of aryl methyl sites for hydroxylation is 2. The van der Waals surface area contributed by atoms with Crippen LogP contribution in [0.1, 0.15) is 37.5 Å². The van der Waals surface area contributed by atoms with E-state index in [1.165, 1.54) is 272 Å². The van der Waals surface area contributed by atoms with Gasteiger partial charge in [-0.3, -0.25) is 0 Å². The average molecular weight is 1650 g/mol. The predicted octanol–water partition coefficient (Wildman–Crippen LogP) is 36.8. The van der Waals surface area contributed by atoms with Crippen LogP contribution in [0, 0.1) is 13.8 Å². The summed E-state index contributed by atoms with van der Waals surface area (Å²) in [6, 6.07) is 143. The van der Waals surface area contributed by atoms with Crippen LogP contribution in [0.15, 0.2) is 382 Å². The van der Waals surface area contributed by atoms with Crippen molar-refractivity contribution in [2.45, 2.75) is 40.0 Å². The van der Waals surface area contributed by atoms with Gasteiger partial charge in [0.2, 0.25) is 0 Å². The molecule has 0 saturated heterocycles. The monoisotopic (exact) mass is 1650 g/mol. The number of hydrogen-bond acceptors (Lipinski definition) is 4. The first-order valence-electron chi connectivity index (χ1n) is 43.0. The summed E-state index contributed by atoms with van der Waals surface area (Å²) in [5.41, 5.74) is 22.2. The Morgan fingerprint density at radius 3 is 0.855 bits per heavy atom. The van der Waals surface area contributed by atoms with Gasteiger partial charge in [-0.05, 0) is 219 Å². The lowest BCUT2D eigenvalue weighted by Gasteiger charge is -2.20. The van der Waals surface area contributed by atoms with E-state index in [4.69, 9.17) is 0 Å². The Labute approximate surface area is 733 Å². The molecular formula is C120H78S4. The maximum atomic E-state index is 2.45. The molecule has 0 aliphatic heterocycles. The zero-order valence-corrected chi connectivity index (χ0v) is 72.3. The first kappa shape index (κ1) is 72.8. The average Bonchev–Trinajstić information content (AvgIpc) is 0.833. The van der Waals surface area contributed by atoms with Crippen molar-refractivity contribution >= 4 is 223 Å². The molecule has 582 valence electrons. The maximum absolute atomic E-state index is 2.45. The van der Waals surface area contributed by atoms with Crippen LogP contribution in [0.5, 0.6) is 0 Å². The lowest BCUT2D eigenvalue weighted by atomic mass is 9.84. The quantitative estimate of drug-likeness (QED) is 0.140. The minimum atomic E-state index is 0.148. The number of rotatable bonds is 7. The fourth-order valence-corrected chi connectivity index (χ4v) is 25.4. The largest absolute Gasteiger partial charge is 0.135 e. The molecule has 0 amide bonds. The smallest absolute Gasteiger partial charge is 0.0434 e. The molecule has 0 aliphatic carbocycles. The summed E-state index contributed by atoms with van der Waals surface area (Å²) in [6.07, 6.45) is 0. The van der Waals surface area contributed by atoms with E-state index in [-0.39, 0.29) is 5.41 Å². The van der Waals surface area contributed by atoms with Gasteiger partial charge in [-0.2, -0.15) is 0 Å². The Morgan fingerprint density at radius 1 is 0.169 bits per heavy atom. The molecule has 4 heterocycles. The zero-order valence-electron chi connectivity index (χ0n) is 69.0. The normalized spacial score (nSPS) is 12.2. The van der Waals surface area contributed by atoms with E-state index >= 15 is 0 Å². The van der Waals surface area contributed by atoms with Crippen molar-refractivity contribution < 1.29 is 0 Å². The summed E-state index contributed by atoms with van der Waals surface area (Å²) in [5, 5.41) is 34.7. The molecule has 4 aromatic heterocycles. The van der Waals surface area contributed by atoms with Crippen LogP contribution in [-0.4, -0.2) is 0 Å². The molecule has 0 unspecified atom stereocenters. The molecule has 27 aromatic rings. The van der Waals surface area contributed by atoms with Gasteiger partial charge in [0.25, 0.3) is 0 Å². The molecule has 0 atom stereocenters. The Kier molecular flexibility index (Phi) is 16.6. The van der Waals surface area contributed by atoms with Crippen LogP contribution in [0.4, 0.5) is 0 Å². The second-order valence-corrected chi connectivity index (χ2v) is 39.1. The van der Waals surface area contributed by atoms with Gasteiger partial charge in [-0.25, -0.2) is 0 Å². The van der Waals surface area contributed by atoms with E-state index in [1.54, 1.807) is 0 Å². The van der Waals surface area contributed by atoms with E-state index in [1.807, 2.05) is 45.3 Å². The fourth-order valence-electron chi connectivity index (χ4n) is 20.6. The highest BCUT2D eigenvalue weighted by atomic mass is 32.1. The molecule has 0 aliphatic rings. The summed E-state index contributed by atoms with van der Waals surface area (Å²) in [7, 11) is 0. The van der Waals surface area contributed by atoms with Gasteiger partial charge >= 0.3 is 0 Å². The zero-order chi connectivity index (χ0) is 82.3. The van der Waals surface area contributed by atoms with Crippen molar-refractivity contribution in [1.29, 1.82) is 0 Å². The first-order chi connectivity index (χ1) is 60.9.